The first-order valence-electron chi connectivity index (χ1n) is 9.33. The third kappa shape index (κ3) is 2.50. The minimum Gasteiger partial charge on any atom is -0.335 e. The van der Waals surface area contributed by atoms with Gasteiger partial charge in [0.1, 0.15) is 0 Å². The maximum atomic E-state index is 14.2. The Morgan fingerprint density at radius 2 is 1.96 bits per heavy atom. The highest BCUT2D eigenvalue weighted by Gasteiger charge is 2.76. The lowest BCUT2D eigenvalue weighted by Gasteiger charge is -2.61. The van der Waals surface area contributed by atoms with Gasteiger partial charge in [0.05, 0.1) is 6.61 Å². The van der Waals surface area contributed by atoms with Gasteiger partial charge in [-0.05, 0) is 43.6 Å². The summed E-state index contributed by atoms with van der Waals surface area (Å²) >= 11 is 0. The van der Waals surface area contributed by atoms with E-state index in [0.717, 1.165) is 6.42 Å². The Kier molecular flexibility index (Phi) is 4.33. The average Bonchev–Trinajstić information content (AvgIpc) is 2.82. The molecule has 5 nitrogen and oxygen atoms in total. The summed E-state index contributed by atoms with van der Waals surface area (Å²) < 4.78 is 59.3. The third-order valence-electron chi connectivity index (χ3n) is 6.61. The summed E-state index contributed by atoms with van der Waals surface area (Å²) in [6, 6.07) is 0. The van der Waals surface area contributed by atoms with E-state index >= 15 is 0 Å². The zero-order chi connectivity index (χ0) is 19.7. The fourth-order valence-electron chi connectivity index (χ4n) is 5.24. The number of fused-ring (bicyclic) bond motifs is 2. The second kappa shape index (κ2) is 6.03. The van der Waals surface area contributed by atoms with Crippen molar-refractivity contribution in [1.82, 2.24) is 0 Å². The van der Waals surface area contributed by atoms with Gasteiger partial charge in [0.15, 0.2) is 11.9 Å². The third-order valence-corrected chi connectivity index (χ3v) is 6.61. The molecule has 2 bridgehead atoms. The summed E-state index contributed by atoms with van der Waals surface area (Å²) in [6.45, 7) is 10.6. The molecule has 4 aliphatic heterocycles. The predicted octanol–water partition coefficient (Wildman–Crippen LogP) is 4.25. The molecule has 0 aromatic carbocycles. The van der Waals surface area contributed by atoms with Gasteiger partial charge in [-0.3, -0.25) is 0 Å². The highest BCUT2D eigenvalue weighted by Crippen LogP contribution is 2.63. The second-order valence-corrected chi connectivity index (χ2v) is 8.21. The van der Waals surface area contributed by atoms with Crippen LogP contribution < -0.4 is 0 Å². The molecule has 4 heterocycles. The van der Waals surface area contributed by atoms with Crippen molar-refractivity contribution in [3.8, 4) is 0 Å². The van der Waals surface area contributed by atoms with Gasteiger partial charge in [-0.25, -0.2) is 9.78 Å². The van der Waals surface area contributed by atoms with Crippen molar-refractivity contribution in [3.63, 3.8) is 0 Å². The number of halogens is 3. The van der Waals surface area contributed by atoms with E-state index in [0.29, 0.717) is 19.3 Å². The zero-order valence-electron chi connectivity index (χ0n) is 15.5. The molecule has 0 amide bonds. The lowest BCUT2D eigenvalue weighted by atomic mass is 9.58. The SMILES string of the molecule is C=CCO[C@@]1(C(F)(F)F)O[C@@H]2O[C@]3(C)CCC4[C@H](C)CC[C@@H](C1=C)[C@]42OO3. The quantitative estimate of drug-likeness (QED) is 0.533. The Morgan fingerprint density at radius 3 is 2.63 bits per heavy atom. The maximum absolute atomic E-state index is 14.2. The standard InChI is InChI=1S/C19H25F3O5/c1-5-10-23-18(19(20,21)22)12(3)14-7-6-11(2)13-8-9-16(4)24-15(25-18)17(13,14)27-26-16/h5,11,13-15H,1,3,6-10H2,2,4H3/t11-,13?,14+,15+,16+,17-,18-/m1/s1. The predicted molar refractivity (Wildman–Crippen MR) is 88.0 cm³/mol. The van der Waals surface area contributed by atoms with Crippen molar-refractivity contribution < 1.29 is 37.2 Å². The molecule has 1 aliphatic carbocycles. The normalized spacial score (nSPS) is 49.4. The summed E-state index contributed by atoms with van der Waals surface area (Å²) in [5.41, 5.74) is -1.35. The topological polar surface area (TPSA) is 46.2 Å². The van der Waals surface area contributed by atoms with Crippen molar-refractivity contribution in [2.24, 2.45) is 17.8 Å². The van der Waals surface area contributed by atoms with Gasteiger partial charge in [0.25, 0.3) is 5.79 Å². The van der Waals surface area contributed by atoms with Crippen molar-refractivity contribution in [2.75, 3.05) is 6.61 Å². The number of ether oxygens (including phenoxy) is 3. The van der Waals surface area contributed by atoms with E-state index in [2.05, 4.69) is 20.1 Å². The van der Waals surface area contributed by atoms with Crippen molar-refractivity contribution in [3.05, 3.63) is 24.8 Å². The van der Waals surface area contributed by atoms with Crippen LogP contribution in [0.4, 0.5) is 13.2 Å². The number of rotatable bonds is 3. The monoisotopic (exact) mass is 390 g/mol. The van der Waals surface area contributed by atoms with Gasteiger partial charge < -0.3 is 14.2 Å². The van der Waals surface area contributed by atoms with Crippen LogP contribution in [0.3, 0.4) is 0 Å². The second-order valence-electron chi connectivity index (χ2n) is 8.21. The molecule has 5 rings (SSSR count). The Bertz CT molecular complexity index is 652. The highest BCUT2D eigenvalue weighted by molar-refractivity contribution is 5.28. The lowest BCUT2D eigenvalue weighted by Crippen LogP contribution is -2.73. The van der Waals surface area contributed by atoms with E-state index in [1.165, 1.54) is 6.08 Å². The Labute approximate surface area is 156 Å². The molecule has 0 radical (unpaired) electrons. The fourth-order valence-corrected chi connectivity index (χ4v) is 5.24. The van der Waals surface area contributed by atoms with Crippen LogP contribution >= 0.6 is 0 Å². The van der Waals surface area contributed by atoms with E-state index in [1.54, 1.807) is 6.92 Å². The van der Waals surface area contributed by atoms with Gasteiger partial charge in [0, 0.05) is 12.3 Å². The molecule has 152 valence electrons. The van der Waals surface area contributed by atoms with Crippen LogP contribution in [0.5, 0.6) is 0 Å². The highest BCUT2D eigenvalue weighted by atomic mass is 19.4. The van der Waals surface area contributed by atoms with Crippen LogP contribution in [0.25, 0.3) is 0 Å². The first-order valence-corrected chi connectivity index (χ1v) is 9.33. The molecular formula is C19H25F3O5. The Hall–Kier alpha value is -0.930. The summed E-state index contributed by atoms with van der Waals surface area (Å²) in [5, 5.41) is 0. The molecule has 8 heteroatoms. The zero-order valence-corrected chi connectivity index (χ0v) is 15.5. The molecule has 5 aliphatic rings. The average molecular weight is 390 g/mol. The minimum absolute atomic E-state index is 0.0621. The van der Waals surface area contributed by atoms with Gasteiger partial charge in [0.2, 0.25) is 5.79 Å². The fraction of sp³-hybridized carbons (Fsp3) is 0.789. The maximum Gasteiger partial charge on any atom is 0.447 e. The molecule has 0 N–H and O–H groups in total. The van der Waals surface area contributed by atoms with Crippen molar-refractivity contribution >= 4 is 0 Å². The summed E-state index contributed by atoms with van der Waals surface area (Å²) in [6.07, 6.45) is -2.39. The molecule has 1 saturated carbocycles. The molecular weight excluding hydrogens is 365 g/mol. The summed E-state index contributed by atoms with van der Waals surface area (Å²) in [4.78, 5) is 11.4. The van der Waals surface area contributed by atoms with E-state index in [9.17, 15) is 13.2 Å². The van der Waals surface area contributed by atoms with Gasteiger partial charge in [-0.1, -0.05) is 19.6 Å². The van der Waals surface area contributed by atoms with Crippen LogP contribution in [-0.2, 0) is 24.0 Å². The van der Waals surface area contributed by atoms with Crippen LogP contribution in [0.15, 0.2) is 24.8 Å². The Balaban J connectivity index is 1.84. The van der Waals surface area contributed by atoms with E-state index in [4.69, 9.17) is 24.0 Å². The first-order chi connectivity index (χ1) is 12.6. The van der Waals surface area contributed by atoms with Gasteiger partial charge >= 0.3 is 6.18 Å². The van der Waals surface area contributed by atoms with E-state index in [-0.39, 0.29) is 24.0 Å². The largest absolute Gasteiger partial charge is 0.447 e. The number of hydrogen-bond acceptors (Lipinski definition) is 5. The lowest BCUT2D eigenvalue weighted by molar-refractivity contribution is -0.582. The van der Waals surface area contributed by atoms with Crippen LogP contribution in [-0.4, -0.2) is 36.2 Å². The number of hydrogen-bond donors (Lipinski definition) is 0. The van der Waals surface area contributed by atoms with Crippen molar-refractivity contribution in [1.29, 1.82) is 0 Å². The molecule has 1 spiro atoms. The summed E-state index contributed by atoms with van der Waals surface area (Å²) in [5.74, 6) is -4.61. The molecule has 27 heavy (non-hydrogen) atoms. The smallest absolute Gasteiger partial charge is 0.335 e. The minimum atomic E-state index is -4.83. The van der Waals surface area contributed by atoms with E-state index in [1.807, 2.05) is 0 Å². The molecule has 0 aromatic heterocycles. The molecule has 1 unspecified atom stereocenters. The molecule has 5 fully saturated rings. The van der Waals surface area contributed by atoms with Crippen molar-refractivity contribution in [2.45, 2.75) is 69.2 Å². The summed E-state index contributed by atoms with van der Waals surface area (Å²) in [7, 11) is 0. The van der Waals surface area contributed by atoms with Crippen LogP contribution in [0, 0.1) is 17.8 Å². The van der Waals surface area contributed by atoms with Gasteiger partial charge in [-0.15, -0.1) is 6.58 Å². The first kappa shape index (κ1) is 19.4. The van der Waals surface area contributed by atoms with Crippen LogP contribution in [0.1, 0.15) is 39.5 Å². The molecule has 7 atom stereocenters. The molecule has 0 aromatic rings. The van der Waals surface area contributed by atoms with Gasteiger partial charge in [-0.2, -0.15) is 13.2 Å². The Morgan fingerprint density at radius 1 is 1.22 bits per heavy atom. The van der Waals surface area contributed by atoms with Crippen LogP contribution in [0.2, 0.25) is 0 Å². The molecule has 4 saturated heterocycles. The number of alkyl halides is 3. The van der Waals surface area contributed by atoms with E-state index < -0.39 is 35.6 Å².